The van der Waals surface area contributed by atoms with Crippen molar-refractivity contribution in [3.05, 3.63) is 65.4 Å². The molecule has 0 fully saturated rings. The lowest BCUT2D eigenvalue weighted by Crippen LogP contribution is -2.11. The average Bonchev–Trinajstić information content (AvgIpc) is 2.49. The number of nitriles is 1. The van der Waals surface area contributed by atoms with E-state index in [0.29, 0.717) is 11.3 Å². The minimum atomic E-state index is -0.237. The highest BCUT2D eigenvalue weighted by Crippen LogP contribution is 2.16. The molecule has 0 aliphatic heterocycles. The van der Waals surface area contributed by atoms with Gasteiger partial charge in [0.15, 0.2) is 0 Å². The van der Waals surface area contributed by atoms with Gasteiger partial charge in [0.05, 0.1) is 5.11 Å². The van der Waals surface area contributed by atoms with E-state index in [1.807, 2.05) is 6.07 Å². The van der Waals surface area contributed by atoms with Gasteiger partial charge in [-0.3, -0.25) is 4.79 Å². The molecule has 2 aromatic carbocycles. The number of azo groups is 1. The first-order valence-electron chi connectivity index (χ1n) is 5.74. The summed E-state index contributed by atoms with van der Waals surface area (Å²) in [6, 6.07) is 14.8. The fourth-order valence-electron chi connectivity index (χ4n) is 1.56. The molecule has 0 spiro atoms. The molecule has 2 aromatic rings. The predicted octanol–water partition coefficient (Wildman–Crippen LogP) is 3.01. The molecule has 1 N–H and O–H groups in total. The molecule has 0 heterocycles. The molecule has 0 radical (unpaired) electrons. The summed E-state index contributed by atoms with van der Waals surface area (Å²) < 4.78 is 0. The summed E-state index contributed by atoms with van der Waals surface area (Å²) in [6.07, 6.45) is 1.40. The van der Waals surface area contributed by atoms with Gasteiger partial charge >= 0.3 is 0 Å². The summed E-state index contributed by atoms with van der Waals surface area (Å²) >= 11 is 0. The van der Waals surface area contributed by atoms with Crippen molar-refractivity contribution < 1.29 is 9.66 Å². The zero-order valence-electron chi connectivity index (χ0n) is 10.4. The zero-order chi connectivity index (χ0) is 14.4. The molecule has 98 valence electrons. The SMILES string of the molecule is N#CN=[N+]([O-])c1ccc(NC(=O)c2ccccc2)cc1. The molecule has 0 saturated heterocycles. The van der Waals surface area contributed by atoms with E-state index in [1.165, 1.54) is 18.3 Å². The molecule has 1 amide bonds. The molecule has 6 heteroatoms. The number of hydrogen-bond donors (Lipinski definition) is 1. The number of rotatable bonds is 3. The molecule has 0 saturated carbocycles. The smallest absolute Gasteiger partial charge is 0.274 e. The van der Waals surface area contributed by atoms with Crippen molar-refractivity contribution >= 4 is 17.3 Å². The number of benzene rings is 2. The second kappa shape index (κ2) is 6.11. The normalized spacial score (nSPS) is 10.7. The van der Waals surface area contributed by atoms with Crippen LogP contribution in [0.4, 0.5) is 11.4 Å². The summed E-state index contributed by atoms with van der Waals surface area (Å²) in [5, 5.41) is 25.3. The molecule has 20 heavy (non-hydrogen) atoms. The number of amides is 1. The molecule has 0 aliphatic rings. The monoisotopic (exact) mass is 266 g/mol. The van der Waals surface area contributed by atoms with Crippen LogP contribution >= 0.6 is 0 Å². The molecule has 0 unspecified atom stereocenters. The highest BCUT2D eigenvalue weighted by molar-refractivity contribution is 6.04. The number of nitrogens with zero attached hydrogens (tertiary/aromatic N) is 3. The first-order chi connectivity index (χ1) is 9.70. The maximum absolute atomic E-state index is 11.9. The van der Waals surface area contributed by atoms with Gasteiger partial charge in [-0.15, -0.1) is 0 Å². The van der Waals surface area contributed by atoms with Gasteiger partial charge in [-0.2, -0.15) is 5.26 Å². The molecular weight excluding hydrogens is 256 g/mol. The van der Waals surface area contributed by atoms with E-state index < -0.39 is 0 Å². The largest absolute Gasteiger partial charge is 0.593 e. The number of hydrogen-bond acceptors (Lipinski definition) is 4. The van der Waals surface area contributed by atoms with Crippen molar-refractivity contribution in [2.75, 3.05) is 5.32 Å². The zero-order valence-corrected chi connectivity index (χ0v) is 10.4. The van der Waals surface area contributed by atoms with Crippen LogP contribution in [0.2, 0.25) is 0 Å². The number of carbonyl (C=O) groups excluding carboxylic acids is 1. The Morgan fingerprint density at radius 1 is 1.15 bits per heavy atom. The lowest BCUT2D eigenvalue weighted by atomic mass is 10.2. The summed E-state index contributed by atoms with van der Waals surface area (Å²) in [5.74, 6) is -0.237. The van der Waals surface area contributed by atoms with Crippen molar-refractivity contribution in [2.45, 2.75) is 0 Å². The molecular formula is C14H10N4O2. The van der Waals surface area contributed by atoms with Gasteiger partial charge in [-0.1, -0.05) is 18.2 Å². The third-order valence-electron chi connectivity index (χ3n) is 2.52. The third kappa shape index (κ3) is 3.17. The first kappa shape index (κ1) is 13.2. The summed E-state index contributed by atoms with van der Waals surface area (Å²) in [4.78, 5) is 12.1. The summed E-state index contributed by atoms with van der Waals surface area (Å²) in [7, 11) is 0. The van der Waals surface area contributed by atoms with Crippen LogP contribution < -0.4 is 5.32 Å². The van der Waals surface area contributed by atoms with Gasteiger partial charge < -0.3 is 10.5 Å². The fourth-order valence-corrected chi connectivity index (χ4v) is 1.56. The first-order valence-corrected chi connectivity index (χ1v) is 5.74. The van der Waals surface area contributed by atoms with Crippen LogP contribution in [0.3, 0.4) is 0 Å². The minimum absolute atomic E-state index is 0.211. The highest BCUT2D eigenvalue weighted by Gasteiger charge is 2.07. The Kier molecular flexibility index (Phi) is 4.04. The van der Waals surface area contributed by atoms with Crippen LogP contribution in [0.15, 0.2) is 59.7 Å². The molecule has 0 aliphatic carbocycles. The topological polar surface area (TPSA) is 91.3 Å². The Hall–Kier alpha value is -3.20. The van der Waals surface area contributed by atoms with Crippen molar-refractivity contribution in [2.24, 2.45) is 5.11 Å². The highest BCUT2D eigenvalue weighted by atomic mass is 16.5. The Labute approximate surface area is 115 Å². The number of carbonyl (C=O) groups is 1. The van der Waals surface area contributed by atoms with Gasteiger partial charge in [0.1, 0.15) is 0 Å². The van der Waals surface area contributed by atoms with Gasteiger partial charge in [0.2, 0.25) is 5.69 Å². The molecule has 6 nitrogen and oxygen atoms in total. The van der Waals surface area contributed by atoms with Gasteiger partial charge in [0.25, 0.3) is 12.1 Å². The number of anilines is 1. The third-order valence-corrected chi connectivity index (χ3v) is 2.52. The number of nitrogens with one attached hydrogen (secondary N) is 1. The summed E-state index contributed by atoms with van der Waals surface area (Å²) in [6.45, 7) is 0. The maximum atomic E-state index is 11.9. The van der Waals surface area contributed by atoms with Crippen molar-refractivity contribution in [3.63, 3.8) is 0 Å². The summed E-state index contributed by atoms with van der Waals surface area (Å²) in [5.41, 5.74) is 1.30. The average molecular weight is 266 g/mol. The molecule has 0 bridgehead atoms. The Balaban J connectivity index is 2.10. The molecule has 0 atom stereocenters. The van der Waals surface area contributed by atoms with Gasteiger partial charge in [-0.25, -0.2) is 0 Å². The van der Waals surface area contributed by atoms with E-state index in [-0.39, 0.29) is 16.5 Å². The van der Waals surface area contributed by atoms with E-state index in [2.05, 4.69) is 10.4 Å². The lowest BCUT2D eigenvalue weighted by Gasteiger charge is -2.05. The molecule has 2 rings (SSSR count). The Morgan fingerprint density at radius 2 is 1.80 bits per heavy atom. The standard InChI is InChI=1S/C14H10N4O2/c15-10-16-18(20)13-8-6-12(7-9-13)17-14(19)11-4-2-1-3-5-11/h1-9H,(H,17,19). The van der Waals surface area contributed by atoms with Crippen molar-refractivity contribution in [3.8, 4) is 6.19 Å². The maximum Gasteiger partial charge on any atom is 0.274 e. The van der Waals surface area contributed by atoms with Crippen molar-refractivity contribution in [1.29, 1.82) is 5.26 Å². The van der Waals surface area contributed by atoms with E-state index in [9.17, 15) is 10.0 Å². The van der Waals surface area contributed by atoms with Gasteiger partial charge in [-0.05, 0) is 29.1 Å². The van der Waals surface area contributed by atoms with Crippen LogP contribution in [-0.4, -0.2) is 10.8 Å². The van der Waals surface area contributed by atoms with E-state index in [1.54, 1.807) is 36.4 Å². The quantitative estimate of drug-likeness (QED) is 0.400. The van der Waals surface area contributed by atoms with Crippen LogP contribution in [-0.2, 0) is 0 Å². The second-order valence-electron chi connectivity index (χ2n) is 3.84. The van der Waals surface area contributed by atoms with Crippen LogP contribution in [0.25, 0.3) is 0 Å². The molecule has 0 aromatic heterocycles. The Bertz CT molecular complexity index is 673. The Morgan fingerprint density at radius 3 is 2.40 bits per heavy atom. The fraction of sp³-hybridized carbons (Fsp3) is 0. The van der Waals surface area contributed by atoms with Crippen LogP contribution in [0.1, 0.15) is 10.4 Å². The second-order valence-corrected chi connectivity index (χ2v) is 3.84. The lowest BCUT2D eigenvalue weighted by molar-refractivity contribution is -0.435. The van der Waals surface area contributed by atoms with Gasteiger partial charge in [0, 0.05) is 23.4 Å². The van der Waals surface area contributed by atoms with Crippen LogP contribution in [0.5, 0.6) is 0 Å². The van der Waals surface area contributed by atoms with E-state index in [0.717, 1.165) is 0 Å². The minimum Gasteiger partial charge on any atom is -0.593 e. The van der Waals surface area contributed by atoms with E-state index in [4.69, 9.17) is 5.26 Å². The van der Waals surface area contributed by atoms with Crippen molar-refractivity contribution in [1.82, 2.24) is 0 Å². The predicted molar refractivity (Wildman–Crippen MR) is 72.2 cm³/mol. The van der Waals surface area contributed by atoms with Crippen LogP contribution in [0, 0.1) is 16.7 Å². The van der Waals surface area contributed by atoms with E-state index >= 15 is 0 Å².